The second kappa shape index (κ2) is 19.5. The third kappa shape index (κ3) is 8.94. The smallest absolute Gasteiger partial charge is 0.316 e. The minimum Gasteiger partial charge on any atom is 0.316 e. The van der Waals surface area contributed by atoms with Gasteiger partial charge in [-0.25, -0.2) is 0 Å². The third-order valence-electron chi connectivity index (χ3n) is 0. The minimum absolute atomic E-state index is 0. The van der Waals surface area contributed by atoms with Crippen LogP contribution < -0.4 is 0 Å². The third-order valence-corrected chi connectivity index (χ3v) is 0. The Morgan fingerprint density at radius 1 is 1.00 bits per heavy atom. The molecule has 0 atom stereocenters. The summed E-state index contributed by atoms with van der Waals surface area (Å²) in [5.41, 5.74) is 0. The molecule has 0 aliphatic heterocycles. The Morgan fingerprint density at radius 2 is 1.00 bits per heavy atom. The fourth-order valence-electron chi connectivity index (χ4n) is 0. The van der Waals surface area contributed by atoms with Crippen molar-refractivity contribution in [1.82, 2.24) is 0 Å². The van der Waals surface area contributed by atoms with E-state index < -0.39 is 0 Å². The van der Waals surface area contributed by atoms with E-state index in [1.54, 1.807) is 0 Å². The van der Waals surface area contributed by atoms with Crippen LogP contribution in [0, 0.1) is 0 Å². The summed E-state index contributed by atoms with van der Waals surface area (Å²) in [6.45, 7) is 0. The van der Waals surface area contributed by atoms with Crippen molar-refractivity contribution >= 4 is 69.2 Å². The summed E-state index contributed by atoms with van der Waals surface area (Å²) in [5, 5.41) is 0. The van der Waals surface area contributed by atoms with E-state index in [9.17, 15) is 0 Å². The van der Waals surface area contributed by atoms with Crippen LogP contribution in [0.15, 0.2) is 0 Å². The predicted molar refractivity (Wildman–Crippen MR) is 33.8 cm³/mol. The molecule has 0 saturated carbocycles. The maximum Gasteiger partial charge on any atom is 0.316 e. The summed E-state index contributed by atoms with van der Waals surface area (Å²) in [6, 6.07) is 0. The van der Waals surface area contributed by atoms with Gasteiger partial charge in [-0.1, -0.05) is 7.43 Å². The molecule has 22 valence electrons. The van der Waals surface area contributed by atoms with E-state index in [0.717, 1.165) is 0 Å². The van der Waals surface area contributed by atoms with Crippen LogP contribution in [0.1, 0.15) is 7.43 Å². The van der Waals surface area contributed by atoms with Gasteiger partial charge in [-0.2, -0.15) is 0 Å². The van der Waals surface area contributed by atoms with E-state index in [-0.39, 0.29) is 76.6 Å². The molecule has 0 aliphatic carbocycles. The minimum atomic E-state index is 0. The first-order chi connectivity index (χ1) is 0. The van der Waals surface area contributed by atoms with Crippen molar-refractivity contribution in [3.8, 4) is 0 Å². The first-order valence-electron chi connectivity index (χ1n) is 0. The van der Waals surface area contributed by atoms with Gasteiger partial charge in [-0.05, 0) is 0 Å². The Bertz CT molecular complexity index is 8.00. The molecule has 0 fully saturated rings. The molecule has 0 N–H and O–H groups in total. The second-order valence-corrected chi connectivity index (χ2v) is 0. The molecule has 0 unspecified atom stereocenters. The molecule has 0 aromatic rings. The molecule has 0 radical (unpaired) electrons. The summed E-state index contributed by atoms with van der Waals surface area (Å²) in [7, 11) is 0. The summed E-state index contributed by atoms with van der Waals surface area (Å²) >= 11 is 0. The molecule has 0 rings (SSSR count). The standard InChI is InChI=1S/CH4.BH3.Ca.Mg.4H/h1H4;1H3;;;;;;. The average Bonchev–Trinajstić information content (AvgIpc) is 0. The van der Waals surface area contributed by atoms with Gasteiger partial charge in [0.15, 0.2) is 0 Å². The molecule has 0 heterocycles. The molecular weight excluding hydrogens is 87.2 g/mol. The molecule has 0 aromatic carbocycles. The normalized spacial score (nSPS) is 0. The van der Waals surface area contributed by atoms with Gasteiger partial charge < -0.3 is 0 Å². The van der Waals surface area contributed by atoms with E-state index in [0.29, 0.717) is 0 Å². The van der Waals surface area contributed by atoms with E-state index in [1.165, 1.54) is 0 Å². The largest absolute Gasteiger partial charge is 0.316 e. The van der Waals surface area contributed by atoms with Crippen LogP contribution in [0.3, 0.4) is 0 Å². The summed E-state index contributed by atoms with van der Waals surface area (Å²) in [4.78, 5) is 0. The first-order valence-corrected chi connectivity index (χ1v) is 0. The van der Waals surface area contributed by atoms with Crippen molar-refractivity contribution in [2.45, 2.75) is 7.43 Å². The van der Waals surface area contributed by atoms with Crippen molar-refractivity contribution in [3.63, 3.8) is 0 Å². The zero-order valence-electron chi connectivity index (χ0n) is 0. The van der Waals surface area contributed by atoms with Gasteiger partial charge in [0.1, 0.15) is 0 Å². The fourth-order valence-corrected chi connectivity index (χ4v) is 0. The SMILES string of the molecule is B.C.[CaH2].[MgH2]. The van der Waals surface area contributed by atoms with Gasteiger partial charge in [-0.15, -0.1) is 0 Å². The first kappa shape index (κ1) is 36.1. The van der Waals surface area contributed by atoms with Crippen LogP contribution in [0.2, 0.25) is 0 Å². The predicted octanol–water partition coefficient (Wildman–Crippen LogP) is -2.38. The van der Waals surface area contributed by atoms with Crippen LogP contribution in [-0.4, -0.2) is 69.2 Å². The molecule has 0 saturated heterocycles. The zero-order chi connectivity index (χ0) is 0. The quantitative estimate of drug-likeness (QED) is 0.297. The summed E-state index contributed by atoms with van der Waals surface area (Å²) < 4.78 is 0. The molecule has 4 heavy (non-hydrogen) atoms. The van der Waals surface area contributed by atoms with Crippen LogP contribution in [-0.2, 0) is 0 Å². The molecule has 0 aromatic heterocycles. The topological polar surface area (TPSA) is 0 Å². The monoisotopic (exact) mass is 98.0 g/mol. The van der Waals surface area contributed by atoms with E-state index in [4.69, 9.17) is 0 Å². The summed E-state index contributed by atoms with van der Waals surface area (Å²) in [6.07, 6.45) is 0. The van der Waals surface area contributed by atoms with Gasteiger partial charge in [0.2, 0.25) is 0 Å². The van der Waals surface area contributed by atoms with Gasteiger partial charge in [0.25, 0.3) is 0 Å². The molecule has 0 amide bonds. The Kier molecular flexibility index (Phi) is 176. The number of hydrogen-bond donors (Lipinski definition) is 0. The van der Waals surface area contributed by atoms with Crippen LogP contribution in [0.4, 0.5) is 0 Å². The van der Waals surface area contributed by atoms with Gasteiger partial charge in [0, 0.05) is 0 Å². The van der Waals surface area contributed by atoms with Crippen molar-refractivity contribution < 1.29 is 0 Å². The van der Waals surface area contributed by atoms with Crippen molar-refractivity contribution in [2.24, 2.45) is 0 Å². The van der Waals surface area contributed by atoms with Crippen molar-refractivity contribution in [2.75, 3.05) is 0 Å². The molecule has 0 nitrogen and oxygen atoms in total. The van der Waals surface area contributed by atoms with E-state index in [1.807, 2.05) is 0 Å². The Hall–Kier alpha value is 2.09. The molecule has 0 bridgehead atoms. The number of hydrogen-bond acceptors (Lipinski definition) is 0. The van der Waals surface area contributed by atoms with Crippen LogP contribution in [0.25, 0.3) is 0 Å². The van der Waals surface area contributed by atoms with Crippen molar-refractivity contribution in [3.05, 3.63) is 0 Å². The van der Waals surface area contributed by atoms with Crippen LogP contribution >= 0.6 is 0 Å². The second-order valence-electron chi connectivity index (χ2n) is 0. The fraction of sp³-hybridized carbons (Fsp3) is 1.00. The molecular formula is CH11BCaMg. The Labute approximate surface area is 75.4 Å². The molecule has 0 spiro atoms. The van der Waals surface area contributed by atoms with E-state index >= 15 is 0 Å². The number of rotatable bonds is 0. The average molecular weight is 98.3 g/mol. The van der Waals surface area contributed by atoms with Gasteiger partial charge >= 0.3 is 60.8 Å². The Morgan fingerprint density at radius 3 is 1.00 bits per heavy atom. The van der Waals surface area contributed by atoms with Crippen LogP contribution in [0.5, 0.6) is 0 Å². The van der Waals surface area contributed by atoms with Gasteiger partial charge in [-0.3, -0.25) is 0 Å². The van der Waals surface area contributed by atoms with Gasteiger partial charge in [0.05, 0.1) is 8.41 Å². The van der Waals surface area contributed by atoms with Crippen molar-refractivity contribution in [1.29, 1.82) is 0 Å². The zero-order valence-corrected chi connectivity index (χ0v) is 0. The van der Waals surface area contributed by atoms with E-state index in [2.05, 4.69) is 0 Å². The Balaban J connectivity index is 0. The maximum atomic E-state index is 0. The molecule has 3 heteroatoms. The molecule has 0 aliphatic rings. The maximum absolute atomic E-state index is 0. The summed E-state index contributed by atoms with van der Waals surface area (Å²) in [5.74, 6) is 0.